The Kier molecular flexibility index (Phi) is 2.26. The first-order chi connectivity index (χ1) is 6.75. The van der Waals surface area contributed by atoms with Crippen LogP contribution in [0.5, 0.6) is 5.75 Å². The van der Waals surface area contributed by atoms with Crippen molar-refractivity contribution in [1.82, 2.24) is 4.98 Å². The van der Waals surface area contributed by atoms with Gasteiger partial charge in [0, 0.05) is 11.5 Å². The number of benzene rings is 1. The Morgan fingerprint density at radius 2 is 2.29 bits per heavy atom. The maximum atomic E-state index is 11.9. The molecule has 1 heterocycles. The normalized spacial score (nSPS) is 10.8. The summed E-state index contributed by atoms with van der Waals surface area (Å²) < 4.78 is 27.9. The second-order valence-electron chi connectivity index (χ2n) is 2.66. The lowest BCUT2D eigenvalue weighted by molar-refractivity contribution is -0.0499. The van der Waals surface area contributed by atoms with E-state index in [0.717, 1.165) is 5.39 Å². The first-order valence-electron chi connectivity index (χ1n) is 3.97. The van der Waals surface area contributed by atoms with Crippen LogP contribution in [0.15, 0.2) is 30.5 Å². The van der Waals surface area contributed by atoms with Crippen LogP contribution in [0.25, 0.3) is 10.9 Å². The van der Waals surface area contributed by atoms with Crippen LogP contribution in [-0.2, 0) is 0 Å². The number of alkyl halides is 2. The van der Waals surface area contributed by atoms with Gasteiger partial charge in [-0.1, -0.05) is 18.2 Å². The number of fused-ring (bicyclic) bond motifs is 1. The number of aromatic nitrogens is 1. The lowest BCUT2D eigenvalue weighted by Crippen LogP contribution is -2.01. The van der Waals surface area contributed by atoms with Crippen molar-refractivity contribution in [3.05, 3.63) is 36.5 Å². The molecule has 0 aliphatic heterocycles. The molecule has 71 valence electrons. The number of hydrogen-bond acceptors (Lipinski definition) is 2. The van der Waals surface area contributed by atoms with E-state index < -0.39 is 6.61 Å². The van der Waals surface area contributed by atoms with Crippen LogP contribution >= 0.6 is 0 Å². The molecule has 14 heavy (non-hydrogen) atoms. The molecule has 0 N–H and O–H groups in total. The number of para-hydroxylation sites is 1. The average molecular weight is 194 g/mol. The van der Waals surface area contributed by atoms with Crippen molar-refractivity contribution in [3.63, 3.8) is 0 Å². The number of pyridine rings is 1. The molecule has 4 heteroatoms. The molecule has 0 amide bonds. The summed E-state index contributed by atoms with van der Waals surface area (Å²) in [5.74, 6) is 0.0621. The molecule has 2 rings (SSSR count). The molecule has 0 atom stereocenters. The summed E-state index contributed by atoms with van der Waals surface area (Å²) in [4.78, 5) is 3.92. The Morgan fingerprint density at radius 3 is 3.07 bits per heavy atom. The fraction of sp³-hybridized carbons (Fsp3) is 0.100. The highest BCUT2D eigenvalue weighted by molar-refractivity contribution is 5.78. The van der Waals surface area contributed by atoms with E-state index in [0.29, 0.717) is 5.52 Å². The molecular formula is C10H6F2NO. The number of rotatable bonds is 2. The number of nitrogens with zero attached hydrogens (tertiary/aromatic N) is 1. The SMILES string of the molecule is FC(F)Oc1cnc2[c]cccc2c1. The van der Waals surface area contributed by atoms with Crippen molar-refractivity contribution in [2.24, 2.45) is 0 Å². The summed E-state index contributed by atoms with van der Waals surface area (Å²) >= 11 is 0. The van der Waals surface area contributed by atoms with Crippen LogP contribution in [0.3, 0.4) is 0 Å². The Hall–Kier alpha value is -1.71. The molecule has 0 bridgehead atoms. The summed E-state index contributed by atoms with van der Waals surface area (Å²) in [6.07, 6.45) is 1.25. The quantitative estimate of drug-likeness (QED) is 0.733. The third-order valence-corrected chi connectivity index (χ3v) is 1.71. The fourth-order valence-corrected chi connectivity index (χ4v) is 1.16. The zero-order chi connectivity index (χ0) is 9.97. The van der Waals surface area contributed by atoms with E-state index in [1.807, 2.05) is 0 Å². The van der Waals surface area contributed by atoms with Gasteiger partial charge in [0.05, 0.1) is 11.7 Å². The monoisotopic (exact) mass is 194 g/mol. The molecule has 0 saturated heterocycles. The number of ether oxygens (including phenoxy) is 1. The van der Waals surface area contributed by atoms with Crippen molar-refractivity contribution in [1.29, 1.82) is 0 Å². The van der Waals surface area contributed by atoms with Crippen LogP contribution < -0.4 is 4.74 Å². The van der Waals surface area contributed by atoms with Crippen molar-refractivity contribution < 1.29 is 13.5 Å². The van der Waals surface area contributed by atoms with Gasteiger partial charge in [0.1, 0.15) is 5.75 Å². The molecule has 1 radical (unpaired) electrons. The predicted octanol–water partition coefficient (Wildman–Crippen LogP) is 2.64. The standard InChI is InChI=1S/C10H6F2NO/c11-10(12)14-8-5-7-3-1-2-4-9(7)13-6-8/h1-3,5-6,10H. The highest BCUT2D eigenvalue weighted by atomic mass is 19.3. The first kappa shape index (κ1) is 8.87. The highest BCUT2D eigenvalue weighted by Gasteiger charge is 2.04. The van der Waals surface area contributed by atoms with Crippen molar-refractivity contribution in [3.8, 4) is 5.75 Å². The Labute approximate surface area is 79.1 Å². The maximum Gasteiger partial charge on any atom is 0.387 e. The molecule has 1 aromatic heterocycles. The molecule has 2 nitrogen and oxygen atoms in total. The highest BCUT2D eigenvalue weighted by Crippen LogP contribution is 2.18. The molecular weight excluding hydrogens is 188 g/mol. The largest absolute Gasteiger partial charge is 0.433 e. The van der Waals surface area contributed by atoms with Gasteiger partial charge in [-0.05, 0) is 6.07 Å². The maximum absolute atomic E-state index is 11.9. The predicted molar refractivity (Wildman–Crippen MR) is 47.2 cm³/mol. The Balaban J connectivity index is 2.41. The van der Waals surface area contributed by atoms with E-state index in [4.69, 9.17) is 0 Å². The zero-order valence-corrected chi connectivity index (χ0v) is 7.08. The van der Waals surface area contributed by atoms with Crippen LogP contribution in [-0.4, -0.2) is 11.6 Å². The molecule has 1 aromatic carbocycles. The summed E-state index contributed by atoms with van der Waals surface area (Å²) in [5, 5.41) is 0.727. The van der Waals surface area contributed by atoms with E-state index in [1.54, 1.807) is 18.2 Å². The lowest BCUT2D eigenvalue weighted by atomic mass is 10.2. The van der Waals surface area contributed by atoms with Gasteiger partial charge in [-0.2, -0.15) is 8.78 Å². The minimum atomic E-state index is -2.82. The topological polar surface area (TPSA) is 22.1 Å². The third-order valence-electron chi connectivity index (χ3n) is 1.71. The third kappa shape index (κ3) is 1.79. The fourth-order valence-electron chi connectivity index (χ4n) is 1.16. The lowest BCUT2D eigenvalue weighted by Gasteiger charge is -2.04. The molecule has 0 aliphatic carbocycles. The van der Waals surface area contributed by atoms with Crippen molar-refractivity contribution in [2.45, 2.75) is 6.61 Å². The van der Waals surface area contributed by atoms with Gasteiger partial charge < -0.3 is 4.74 Å². The minimum absolute atomic E-state index is 0.0621. The number of halogens is 2. The van der Waals surface area contributed by atoms with Crippen LogP contribution in [0.1, 0.15) is 0 Å². The average Bonchev–Trinajstić information content (AvgIpc) is 2.17. The van der Waals surface area contributed by atoms with Gasteiger partial charge in [0.25, 0.3) is 0 Å². The van der Waals surface area contributed by atoms with Crippen LogP contribution in [0, 0.1) is 6.07 Å². The van der Waals surface area contributed by atoms with E-state index in [9.17, 15) is 8.78 Å². The van der Waals surface area contributed by atoms with Gasteiger partial charge in [0.15, 0.2) is 0 Å². The first-order valence-corrected chi connectivity index (χ1v) is 3.97. The van der Waals surface area contributed by atoms with Gasteiger partial charge in [-0.25, -0.2) is 0 Å². The Morgan fingerprint density at radius 1 is 1.43 bits per heavy atom. The molecule has 0 unspecified atom stereocenters. The van der Waals surface area contributed by atoms with Gasteiger partial charge >= 0.3 is 6.61 Å². The van der Waals surface area contributed by atoms with E-state index >= 15 is 0 Å². The van der Waals surface area contributed by atoms with E-state index in [2.05, 4.69) is 15.8 Å². The summed E-state index contributed by atoms with van der Waals surface area (Å²) in [6, 6.07) is 9.61. The second kappa shape index (κ2) is 3.57. The number of hydrogen-bond donors (Lipinski definition) is 0. The van der Waals surface area contributed by atoms with Crippen LogP contribution in [0.2, 0.25) is 0 Å². The molecule has 2 aromatic rings. The van der Waals surface area contributed by atoms with E-state index in [-0.39, 0.29) is 5.75 Å². The summed E-state index contributed by atoms with van der Waals surface area (Å²) in [5.41, 5.74) is 0.633. The molecule has 0 fully saturated rings. The van der Waals surface area contributed by atoms with E-state index in [1.165, 1.54) is 12.3 Å². The second-order valence-corrected chi connectivity index (χ2v) is 2.66. The summed E-state index contributed by atoms with van der Waals surface area (Å²) in [7, 11) is 0. The molecule has 0 spiro atoms. The Bertz CT molecular complexity index is 445. The van der Waals surface area contributed by atoms with Crippen molar-refractivity contribution in [2.75, 3.05) is 0 Å². The summed E-state index contributed by atoms with van der Waals surface area (Å²) in [6.45, 7) is -2.82. The minimum Gasteiger partial charge on any atom is -0.433 e. The van der Waals surface area contributed by atoms with Gasteiger partial charge in [0.2, 0.25) is 0 Å². The molecule has 0 saturated carbocycles. The zero-order valence-electron chi connectivity index (χ0n) is 7.08. The van der Waals surface area contributed by atoms with Crippen LogP contribution in [0.4, 0.5) is 8.78 Å². The van der Waals surface area contributed by atoms with Gasteiger partial charge in [-0.15, -0.1) is 0 Å². The molecule has 0 aliphatic rings. The van der Waals surface area contributed by atoms with Gasteiger partial charge in [-0.3, -0.25) is 4.98 Å². The smallest absolute Gasteiger partial charge is 0.387 e. The van der Waals surface area contributed by atoms with Crippen molar-refractivity contribution >= 4 is 10.9 Å².